The van der Waals surface area contributed by atoms with Crippen molar-refractivity contribution in [3.8, 4) is 0 Å². The van der Waals surface area contributed by atoms with Gasteiger partial charge in [0.15, 0.2) is 5.96 Å². The van der Waals surface area contributed by atoms with Gasteiger partial charge < -0.3 is 19.7 Å². The number of hydrogen-bond acceptors (Lipinski definition) is 6. The van der Waals surface area contributed by atoms with Crippen molar-refractivity contribution in [3.63, 3.8) is 0 Å². The Kier molecular flexibility index (Phi) is 7.20. The summed E-state index contributed by atoms with van der Waals surface area (Å²) in [6.45, 7) is 10.5. The summed E-state index contributed by atoms with van der Waals surface area (Å²) in [4.78, 5) is 13.6. The molecule has 0 spiro atoms. The number of rotatable bonds is 5. The summed E-state index contributed by atoms with van der Waals surface area (Å²) in [5.74, 6) is 1.03. The Morgan fingerprint density at radius 3 is 2.61 bits per heavy atom. The third-order valence-electron chi connectivity index (χ3n) is 6.05. The SMILES string of the molecule is CN=C(NCC(c1cccs1)N1CCOCC1)N1CCC(N2CCOCC2)C1. The molecule has 8 heteroatoms. The molecule has 2 unspecified atom stereocenters. The maximum Gasteiger partial charge on any atom is 0.193 e. The maximum atomic E-state index is 5.56. The summed E-state index contributed by atoms with van der Waals surface area (Å²) in [6, 6.07) is 5.39. The number of ether oxygens (including phenoxy) is 2. The van der Waals surface area contributed by atoms with Crippen molar-refractivity contribution in [3.05, 3.63) is 22.4 Å². The molecular formula is C20H33N5O2S. The highest BCUT2D eigenvalue weighted by molar-refractivity contribution is 7.10. The van der Waals surface area contributed by atoms with E-state index in [0.29, 0.717) is 12.1 Å². The molecule has 3 aliphatic rings. The molecule has 7 nitrogen and oxygen atoms in total. The van der Waals surface area contributed by atoms with Crippen LogP contribution in [0.1, 0.15) is 17.3 Å². The van der Waals surface area contributed by atoms with E-state index in [-0.39, 0.29) is 0 Å². The first kappa shape index (κ1) is 20.1. The molecule has 3 fully saturated rings. The fourth-order valence-electron chi connectivity index (χ4n) is 4.47. The third-order valence-corrected chi connectivity index (χ3v) is 7.02. The average molecular weight is 408 g/mol. The molecule has 0 saturated carbocycles. The predicted molar refractivity (Wildman–Crippen MR) is 113 cm³/mol. The van der Waals surface area contributed by atoms with E-state index in [4.69, 9.17) is 9.47 Å². The van der Waals surface area contributed by atoms with Crippen LogP contribution in [0.4, 0.5) is 0 Å². The summed E-state index contributed by atoms with van der Waals surface area (Å²) in [5.41, 5.74) is 0. The second kappa shape index (κ2) is 10.0. The third kappa shape index (κ3) is 4.86. The lowest BCUT2D eigenvalue weighted by atomic mass is 10.2. The zero-order chi connectivity index (χ0) is 19.2. The number of nitrogens with zero attached hydrogens (tertiary/aromatic N) is 4. The number of aliphatic imine (C=N–C) groups is 1. The smallest absolute Gasteiger partial charge is 0.193 e. The first-order valence-electron chi connectivity index (χ1n) is 10.5. The van der Waals surface area contributed by atoms with E-state index in [0.717, 1.165) is 78.2 Å². The number of thiophene rings is 1. The Balaban J connectivity index is 1.34. The van der Waals surface area contributed by atoms with E-state index < -0.39 is 0 Å². The number of hydrogen-bond donors (Lipinski definition) is 1. The first-order chi connectivity index (χ1) is 13.8. The van der Waals surface area contributed by atoms with Crippen LogP contribution >= 0.6 is 11.3 Å². The lowest BCUT2D eigenvalue weighted by Gasteiger charge is -2.35. The molecule has 1 aromatic rings. The van der Waals surface area contributed by atoms with Crippen LogP contribution < -0.4 is 5.32 Å². The maximum absolute atomic E-state index is 5.56. The van der Waals surface area contributed by atoms with Crippen LogP contribution in [0.3, 0.4) is 0 Å². The normalized spacial score (nSPS) is 26.5. The molecule has 0 radical (unpaired) electrons. The van der Waals surface area contributed by atoms with Crippen LogP contribution in [0.2, 0.25) is 0 Å². The van der Waals surface area contributed by atoms with Gasteiger partial charge in [0, 0.05) is 63.8 Å². The van der Waals surface area contributed by atoms with Crippen molar-refractivity contribution in [1.29, 1.82) is 0 Å². The van der Waals surface area contributed by atoms with Crippen molar-refractivity contribution in [2.24, 2.45) is 4.99 Å². The number of nitrogens with one attached hydrogen (secondary N) is 1. The molecule has 0 bridgehead atoms. The fraction of sp³-hybridized carbons (Fsp3) is 0.750. The largest absolute Gasteiger partial charge is 0.379 e. The highest BCUT2D eigenvalue weighted by Crippen LogP contribution is 2.25. The molecule has 1 N–H and O–H groups in total. The standard InChI is InChI=1S/C20H33N5O2S/c1-21-20(25-5-4-17(16-25)23-6-10-26-11-7-23)22-15-18(19-3-2-14-28-19)24-8-12-27-13-9-24/h2-3,14,17-18H,4-13,15-16H2,1H3,(H,21,22). The van der Waals surface area contributed by atoms with Gasteiger partial charge in [-0.3, -0.25) is 14.8 Å². The first-order valence-corrected chi connectivity index (χ1v) is 11.4. The minimum absolute atomic E-state index is 0.373. The molecule has 0 aromatic carbocycles. The van der Waals surface area contributed by atoms with Gasteiger partial charge in [0.2, 0.25) is 0 Å². The van der Waals surface area contributed by atoms with E-state index >= 15 is 0 Å². The minimum Gasteiger partial charge on any atom is -0.379 e. The lowest BCUT2D eigenvalue weighted by Crippen LogP contribution is -2.48. The Hall–Kier alpha value is -1.19. The molecule has 4 rings (SSSR count). The predicted octanol–water partition coefficient (Wildman–Crippen LogP) is 1.10. The summed E-state index contributed by atoms with van der Waals surface area (Å²) >= 11 is 1.84. The van der Waals surface area contributed by atoms with Gasteiger partial charge in [-0.15, -0.1) is 11.3 Å². The fourth-order valence-corrected chi connectivity index (χ4v) is 5.34. The van der Waals surface area contributed by atoms with Gasteiger partial charge >= 0.3 is 0 Å². The van der Waals surface area contributed by atoms with Gasteiger partial charge in [-0.2, -0.15) is 0 Å². The van der Waals surface area contributed by atoms with Crippen LogP contribution in [0.25, 0.3) is 0 Å². The van der Waals surface area contributed by atoms with E-state index in [1.165, 1.54) is 11.3 Å². The van der Waals surface area contributed by atoms with Crippen molar-refractivity contribution in [2.45, 2.75) is 18.5 Å². The number of morpholine rings is 2. The molecule has 0 amide bonds. The van der Waals surface area contributed by atoms with Crippen LogP contribution in [0.15, 0.2) is 22.5 Å². The summed E-state index contributed by atoms with van der Waals surface area (Å²) in [6.07, 6.45) is 1.21. The summed E-state index contributed by atoms with van der Waals surface area (Å²) < 4.78 is 11.1. The van der Waals surface area contributed by atoms with Crippen molar-refractivity contribution >= 4 is 17.3 Å². The second-order valence-electron chi connectivity index (χ2n) is 7.64. The lowest BCUT2D eigenvalue weighted by molar-refractivity contribution is 0.0174. The van der Waals surface area contributed by atoms with Crippen molar-refractivity contribution in [2.75, 3.05) is 79.3 Å². The summed E-state index contributed by atoms with van der Waals surface area (Å²) in [5, 5.41) is 5.85. The number of guanidine groups is 1. The van der Waals surface area contributed by atoms with Gasteiger partial charge in [-0.05, 0) is 17.9 Å². The Morgan fingerprint density at radius 2 is 1.93 bits per heavy atom. The Morgan fingerprint density at radius 1 is 1.18 bits per heavy atom. The Bertz CT molecular complexity index is 614. The monoisotopic (exact) mass is 407 g/mol. The van der Waals surface area contributed by atoms with Gasteiger partial charge in [0.25, 0.3) is 0 Å². The van der Waals surface area contributed by atoms with E-state index in [1.54, 1.807) is 0 Å². The van der Waals surface area contributed by atoms with Crippen molar-refractivity contribution in [1.82, 2.24) is 20.0 Å². The molecule has 2 atom stereocenters. The van der Waals surface area contributed by atoms with Gasteiger partial charge in [-0.25, -0.2) is 0 Å². The molecular weight excluding hydrogens is 374 g/mol. The van der Waals surface area contributed by atoms with Crippen LogP contribution in [-0.2, 0) is 9.47 Å². The molecule has 156 valence electrons. The number of likely N-dealkylation sites (tertiary alicyclic amines) is 1. The van der Waals surface area contributed by atoms with Crippen LogP contribution in [0, 0.1) is 0 Å². The highest BCUT2D eigenvalue weighted by atomic mass is 32.1. The van der Waals surface area contributed by atoms with Crippen molar-refractivity contribution < 1.29 is 9.47 Å². The molecule has 3 saturated heterocycles. The molecule has 28 heavy (non-hydrogen) atoms. The zero-order valence-electron chi connectivity index (χ0n) is 16.9. The topological polar surface area (TPSA) is 52.6 Å². The Labute approximate surface area is 172 Å². The average Bonchev–Trinajstić information content (AvgIpc) is 3.45. The molecule has 4 heterocycles. The quantitative estimate of drug-likeness (QED) is 0.583. The van der Waals surface area contributed by atoms with E-state index in [1.807, 2.05) is 18.4 Å². The van der Waals surface area contributed by atoms with E-state index in [2.05, 4.69) is 42.5 Å². The second-order valence-corrected chi connectivity index (χ2v) is 8.62. The highest BCUT2D eigenvalue weighted by Gasteiger charge is 2.31. The summed E-state index contributed by atoms with van der Waals surface area (Å²) in [7, 11) is 1.90. The van der Waals surface area contributed by atoms with Gasteiger partial charge in [0.1, 0.15) is 0 Å². The zero-order valence-corrected chi connectivity index (χ0v) is 17.7. The van der Waals surface area contributed by atoms with Crippen LogP contribution in [-0.4, -0.2) is 106 Å². The molecule has 0 aliphatic carbocycles. The van der Waals surface area contributed by atoms with Gasteiger partial charge in [0.05, 0.1) is 32.5 Å². The molecule has 3 aliphatic heterocycles. The van der Waals surface area contributed by atoms with Crippen LogP contribution in [0.5, 0.6) is 0 Å². The molecule has 1 aromatic heterocycles. The van der Waals surface area contributed by atoms with E-state index in [9.17, 15) is 0 Å². The van der Waals surface area contributed by atoms with Gasteiger partial charge in [-0.1, -0.05) is 6.07 Å². The minimum atomic E-state index is 0.373.